The Bertz CT molecular complexity index is 180. The lowest BCUT2D eigenvalue weighted by atomic mass is 10.2. The van der Waals surface area contributed by atoms with E-state index < -0.39 is 0 Å². The minimum atomic E-state index is -0.355. The summed E-state index contributed by atoms with van der Waals surface area (Å²) in [5, 5.41) is 0. The number of hydrogen-bond donors (Lipinski definition) is 1. The monoisotopic (exact) mass is 153 g/mol. The molecule has 0 saturated carbocycles. The first-order valence-electron chi connectivity index (χ1n) is 3.81. The van der Waals surface area contributed by atoms with Gasteiger partial charge in [0, 0.05) is 5.57 Å². The van der Waals surface area contributed by atoms with Crippen LogP contribution >= 0.6 is 0 Å². The third-order valence-electron chi connectivity index (χ3n) is 1.33. The molecule has 0 aromatic carbocycles. The highest BCUT2D eigenvalue weighted by atomic mass is 16.1. The van der Waals surface area contributed by atoms with Gasteiger partial charge in [0.25, 0.3) is 0 Å². The summed E-state index contributed by atoms with van der Waals surface area (Å²) >= 11 is 0. The zero-order chi connectivity index (χ0) is 8.69. The molecule has 1 amide bonds. The van der Waals surface area contributed by atoms with Crippen LogP contribution in [0.15, 0.2) is 23.8 Å². The average molecular weight is 153 g/mol. The molecule has 0 aliphatic carbocycles. The smallest absolute Gasteiger partial charge is 0.244 e. The molecule has 2 heteroatoms. The van der Waals surface area contributed by atoms with Crippen molar-refractivity contribution in [2.75, 3.05) is 0 Å². The third-order valence-corrected chi connectivity index (χ3v) is 1.33. The minimum absolute atomic E-state index is 0.355. The van der Waals surface area contributed by atoms with E-state index in [0.717, 1.165) is 12.8 Å². The van der Waals surface area contributed by atoms with Crippen LogP contribution in [-0.2, 0) is 4.79 Å². The van der Waals surface area contributed by atoms with E-state index >= 15 is 0 Å². The van der Waals surface area contributed by atoms with E-state index in [2.05, 4.69) is 6.92 Å². The van der Waals surface area contributed by atoms with Gasteiger partial charge in [-0.3, -0.25) is 4.79 Å². The normalized spacial score (nSPS) is 12.4. The van der Waals surface area contributed by atoms with Crippen LogP contribution in [0.25, 0.3) is 0 Å². The molecular formula is C9H15NO. The van der Waals surface area contributed by atoms with E-state index in [0.29, 0.717) is 5.57 Å². The van der Waals surface area contributed by atoms with Gasteiger partial charge in [0.2, 0.25) is 5.91 Å². The first kappa shape index (κ1) is 9.95. The fourth-order valence-electron chi connectivity index (χ4n) is 0.557. The summed E-state index contributed by atoms with van der Waals surface area (Å²) in [6.45, 7) is 3.81. The maximum absolute atomic E-state index is 10.5. The molecule has 0 aromatic rings. The molecule has 0 atom stereocenters. The number of unbranched alkanes of at least 4 members (excludes halogenated alkanes) is 1. The molecule has 0 spiro atoms. The molecule has 0 rings (SSSR count). The Kier molecular flexibility index (Phi) is 5.17. The summed E-state index contributed by atoms with van der Waals surface area (Å²) in [6, 6.07) is 0. The van der Waals surface area contributed by atoms with Gasteiger partial charge in [-0.15, -0.1) is 0 Å². The van der Waals surface area contributed by atoms with Crippen molar-refractivity contribution in [1.82, 2.24) is 0 Å². The number of carbonyl (C=O) groups is 1. The van der Waals surface area contributed by atoms with Crippen LogP contribution in [0.5, 0.6) is 0 Å². The molecule has 0 unspecified atom stereocenters. The van der Waals surface area contributed by atoms with Crippen molar-refractivity contribution in [2.45, 2.75) is 26.7 Å². The maximum Gasteiger partial charge on any atom is 0.244 e. The number of amides is 1. The highest BCUT2D eigenvalue weighted by Gasteiger charge is 1.91. The molecule has 0 bridgehead atoms. The number of hydrogen-bond acceptors (Lipinski definition) is 1. The van der Waals surface area contributed by atoms with Crippen LogP contribution in [0.2, 0.25) is 0 Å². The zero-order valence-electron chi connectivity index (χ0n) is 7.13. The second-order valence-electron chi connectivity index (χ2n) is 2.43. The predicted molar refractivity (Wildman–Crippen MR) is 47.0 cm³/mol. The third kappa shape index (κ3) is 5.40. The van der Waals surface area contributed by atoms with E-state index in [9.17, 15) is 4.79 Å². The number of carbonyl (C=O) groups excluding carboxylic acids is 1. The van der Waals surface area contributed by atoms with E-state index in [1.165, 1.54) is 0 Å². The fraction of sp³-hybridized carbons (Fsp3) is 0.444. The van der Waals surface area contributed by atoms with Gasteiger partial charge in [-0.1, -0.05) is 31.6 Å². The number of nitrogens with two attached hydrogens (primary N) is 1. The minimum Gasteiger partial charge on any atom is -0.366 e. The standard InChI is InChI=1S/C9H15NO/c1-3-4-5-6-7-8(2)9(10)11/h5-7H,3-4H2,1-2H3,(H2,10,11)/b6-5+,8-7+. The maximum atomic E-state index is 10.5. The van der Waals surface area contributed by atoms with Crippen LogP contribution in [0, 0.1) is 0 Å². The SMILES string of the molecule is CCC/C=C/C=C(\C)C(N)=O. The predicted octanol–water partition coefficient (Wildman–Crippen LogP) is 1.77. The van der Waals surface area contributed by atoms with Crippen LogP contribution in [0.3, 0.4) is 0 Å². The zero-order valence-corrected chi connectivity index (χ0v) is 7.13. The Hall–Kier alpha value is -1.05. The van der Waals surface area contributed by atoms with Gasteiger partial charge in [0.05, 0.1) is 0 Å². The van der Waals surface area contributed by atoms with Crippen LogP contribution < -0.4 is 5.73 Å². The number of primary amides is 1. The first-order chi connectivity index (χ1) is 5.18. The molecule has 0 aliphatic rings. The van der Waals surface area contributed by atoms with Crippen molar-refractivity contribution >= 4 is 5.91 Å². The lowest BCUT2D eigenvalue weighted by molar-refractivity contribution is -0.114. The molecule has 62 valence electrons. The summed E-state index contributed by atoms with van der Waals surface area (Å²) in [5.41, 5.74) is 5.60. The summed E-state index contributed by atoms with van der Waals surface area (Å²) < 4.78 is 0. The van der Waals surface area contributed by atoms with Gasteiger partial charge in [-0.05, 0) is 13.3 Å². The topological polar surface area (TPSA) is 43.1 Å². The average Bonchev–Trinajstić information content (AvgIpc) is 1.97. The van der Waals surface area contributed by atoms with E-state index in [1.54, 1.807) is 13.0 Å². The lowest BCUT2D eigenvalue weighted by Crippen LogP contribution is -2.11. The quantitative estimate of drug-likeness (QED) is 0.485. The van der Waals surface area contributed by atoms with Crippen LogP contribution in [0.4, 0.5) is 0 Å². The highest BCUT2D eigenvalue weighted by Crippen LogP contribution is 1.93. The second-order valence-corrected chi connectivity index (χ2v) is 2.43. The molecule has 0 fully saturated rings. The molecule has 0 heterocycles. The molecule has 11 heavy (non-hydrogen) atoms. The largest absolute Gasteiger partial charge is 0.366 e. The summed E-state index contributed by atoms with van der Waals surface area (Å²) in [6.07, 6.45) is 7.79. The van der Waals surface area contributed by atoms with Gasteiger partial charge in [0.1, 0.15) is 0 Å². The molecule has 0 aliphatic heterocycles. The summed E-state index contributed by atoms with van der Waals surface area (Å²) in [5.74, 6) is -0.355. The van der Waals surface area contributed by atoms with E-state index in [-0.39, 0.29) is 5.91 Å². The van der Waals surface area contributed by atoms with Crippen molar-refractivity contribution in [2.24, 2.45) is 5.73 Å². The van der Waals surface area contributed by atoms with Gasteiger partial charge in [-0.25, -0.2) is 0 Å². The number of rotatable bonds is 4. The van der Waals surface area contributed by atoms with Gasteiger partial charge in [-0.2, -0.15) is 0 Å². The second kappa shape index (κ2) is 5.71. The molecule has 2 N–H and O–H groups in total. The Morgan fingerprint density at radius 2 is 2.18 bits per heavy atom. The van der Waals surface area contributed by atoms with Gasteiger partial charge >= 0.3 is 0 Å². The van der Waals surface area contributed by atoms with Gasteiger partial charge in [0.15, 0.2) is 0 Å². The Morgan fingerprint density at radius 1 is 1.55 bits per heavy atom. The van der Waals surface area contributed by atoms with Crippen molar-refractivity contribution in [3.8, 4) is 0 Å². The molecular weight excluding hydrogens is 138 g/mol. The van der Waals surface area contributed by atoms with Crippen molar-refractivity contribution in [1.29, 1.82) is 0 Å². The van der Waals surface area contributed by atoms with Crippen LogP contribution in [0.1, 0.15) is 26.7 Å². The Morgan fingerprint density at radius 3 is 2.64 bits per heavy atom. The van der Waals surface area contributed by atoms with Crippen molar-refractivity contribution < 1.29 is 4.79 Å². The Balaban J connectivity index is 3.81. The van der Waals surface area contributed by atoms with Crippen LogP contribution in [-0.4, -0.2) is 5.91 Å². The molecule has 0 aromatic heterocycles. The summed E-state index contributed by atoms with van der Waals surface area (Å²) in [7, 11) is 0. The molecule has 2 nitrogen and oxygen atoms in total. The van der Waals surface area contributed by atoms with E-state index in [1.807, 2.05) is 12.2 Å². The molecule has 0 radical (unpaired) electrons. The number of allylic oxidation sites excluding steroid dienone is 3. The van der Waals surface area contributed by atoms with E-state index in [4.69, 9.17) is 5.73 Å². The first-order valence-corrected chi connectivity index (χ1v) is 3.81. The van der Waals surface area contributed by atoms with Gasteiger partial charge < -0.3 is 5.73 Å². The molecule has 0 saturated heterocycles. The lowest BCUT2D eigenvalue weighted by Gasteiger charge is -1.88. The fourth-order valence-corrected chi connectivity index (χ4v) is 0.557. The highest BCUT2D eigenvalue weighted by molar-refractivity contribution is 5.91. The Labute approximate surface area is 67.8 Å². The van der Waals surface area contributed by atoms with Crippen molar-refractivity contribution in [3.05, 3.63) is 23.8 Å². The van der Waals surface area contributed by atoms with Crippen molar-refractivity contribution in [3.63, 3.8) is 0 Å². The summed E-state index contributed by atoms with van der Waals surface area (Å²) in [4.78, 5) is 10.5.